The molecule has 0 atom stereocenters. The van der Waals surface area contributed by atoms with E-state index in [1.54, 1.807) is 54.6 Å². The van der Waals surface area contributed by atoms with Gasteiger partial charge in [-0.25, -0.2) is 19.6 Å². The third kappa shape index (κ3) is 21.1. The first-order valence-corrected chi connectivity index (χ1v) is 29.7. The Kier molecular flexibility index (Phi) is 26.3. The van der Waals surface area contributed by atoms with Crippen LogP contribution in [0.3, 0.4) is 0 Å². The van der Waals surface area contributed by atoms with E-state index >= 15 is 0 Å². The normalized spacial score (nSPS) is 16.7. The van der Waals surface area contributed by atoms with E-state index < -0.39 is 29.7 Å². The molecular formula is C65H77N3O15S. The van der Waals surface area contributed by atoms with Gasteiger partial charge >= 0.3 is 29.8 Å². The van der Waals surface area contributed by atoms with E-state index in [4.69, 9.17) is 57.5 Å². The van der Waals surface area contributed by atoms with Crippen LogP contribution in [0.4, 0.5) is 5.13 Å². The molecule has 2 aliphatic carbocycles. The van der Waals surface area contributed by atoms with E-state index in [1.807, 2.05) is 48.5 Å². The van der Waals surface area contributed by atoms with E-state index in [0.29, 0.717) is 125 Å². The van der Waals surface area contributed by atoms with Gasteiger partial charge in [0.2, 0.25) is 5.13 Å². The van der Waals surface area contributed by atoms with E-state index in [-0.39, 0.29) is 42.0 Å². The second-order valence-electron chi connectivity index (χ2n) is 20.5. The fourth-order valence-corrected chi connectivity index (χ4v) is 10.4. The molecule has 7 rings (SSSR count). The van der Waals surface area contributed by atoms with Crippen LogP contribution in [0.2, 0.25) is 0 Å². The number of para-hydroxylation sites is 1. The van der Waals surface area contributed by atoms with Crippen molar-refractivity contribution in [3.05, 3.63) is 134 Å². The first-order chi connectivity index (χ1) is 41.0. The van der Waals surface area contributed by atoms with Gasteiger partial charge in [0.15, 0.2) is 0 Å². The Hall–Kier alpha value is -7.87. The molecule has 19 heteroatoms. The first kappa shape index (κ1) is 63.7. The Bertz CT molecular complexity index is 2930. The van der Waals surface area contributed by atoms with Gasteiger partial charge in [0.1, 0.15) is 41.2 Å². The molecule has 0 radical (unpaired) electrons. The quantitative estimate of drug-likeness (QED) is 0.00540. The Morgan fingerprint density at radius 1 is 0.560 bits per heavy atom. The van der Waals surface area contributed by atoms with Gasteiger partial charge in [-0.1, -0.05) is 43.2 Å². The number of rotatable bonds is 35. The van der Waals surface area contributed by atoms with Gasteiger partial charge in [-0.05, 0) is 182 Å². The van der Waals surface area contributed by atoms with Crippen molar-refractivity contribution in [1.29, 1.82) is 0 Å². The van der Waals surface area contributed by atoms with Crippen LogP contribution in [0.25, 0.3) is 10.2 Å². The van der Waals surface area contributed by atoms with Gasteiger partial charge in [-0.2, -0.15) is 5.10 Å². The number of allylic oxidation sites excluding steroid dienone is 1. The number of hydrogen-bond donors (Lipinski definition) is 0. The van der Waals surface area contributed by atoms with Crippen LogP contribution in [0.5, 0.6) is 34.5 Å². The monoisotopic (exact) mass is 1170 g/mol. The molecule has 18 nitrogen and oxygen atoms in total. The number of ether oxygens (including phenoxy) is 10. The fraction of sp³-hybridized carbons (Fsp3) is 0.431. The number of unbranched alkanes of at least 4 members (excludes halogenated alkanes) is 6. The molecule has 4 aromatic carbocycles. The lowest BCUT2D eigenvalue weighted by Crippen LogP contribution is -2.30. The average molecular weight is 1170 g/mol. The van der Waals surface area contributed by atoms with Crippen LogP contribution in [-0.2, 0) is 42.9 Å². The van der Waals surface area contributed by atoms with Crippen LogP contribution < -0.4 is 33.4 Å². The zero-order valence-corrected chi connectivity index (χ0v) is 48.8. The number of carbonyl (C=O) groups excluding carboxylic acids is 5. The molecule has 0 N–H and O–H groups in total. The lowest BCUT2D eigenvalue weighted by atomic mass is 9.81. The van der Waals surface area contributed by atoms with E-state index in [1.165, 1.54) is 23.6 Å². The van der Waals surface area contributed by atoms with Crippen molar-refractivity contribution in [2.24, 2.45) is 28.8 Å². The van der Waals surface area contributed by atoms with Gasteiger partial charge in [0.25, 0.3) is 0 Å². The van der Waals surface area contributed by atoms with E-state index in [9.17, 15) is 24.0 Å². The number of thiazole rings is 1. The summed E-state index contributed by atoms with van der Waals surface area (Å²) < 4.78 is 57.9. The summed E-state index contributed by atoms with van der Waals surface area (Å²) in [7, 11) is 1.59. The van der Waals surface area contributed by atoms with Crippen molar-refractivity contribution >= 4 is 62.7 Å². The van der Waals surface area contributed by atoms with Crippen molar-refractivity contribution in [1.82, 2.24) is 4.98 Å². The summed E-state index contributed by atoms with van der Waals surface area (Å²) in [5.74, 6) is 0.382. The molecule has 0 amide bonds. The topological polar surface area (TPSA) is 206 Å². The number of nitrogens with zero attached hydrogens (tertiary/aromatic N) is 3. The van der Waals surface area contributed by atoms with Gasteiger partial charge in [-0.3, -0.25) is 14.4 Å². The standard InChI is InChI=1S/C65H77N3O15S/c1-5-60(69)78-39-15-9-7-13-37-76-52-27-31-54(32-28-52)80-46(3)47-19-21-48(22-20-47)63(72)82-56-35-36-58(51(43-56)44-66-68(45-75-42-41-74-4)65-67-57-17-11-12-18-59(57)84-65)83-64(73)50-25-23-49(24-26-50)62(71)81-55-33-29-53(30-34-55)77-38-14-8-10-16-40-79-61(70)6-2/h5-6,11-12,17-18,27-36,43-44,47-50H,1-3,7-10,13-16,19-26,37-42,45H2,4H3/b66-44+. The molecular weight excluding hydrogens is 1090 g/mol. The average Bonchev–Trinajstić information content (AvgIpc) is 4.13. The van der Waals surface area contributed by atoms with Crippen LogP contribution in [0.15, 0.2) is 134 Å². The zero-order valence-electron chi connectivity index (χ0n) is 48.0. The van der Waals surface area contributed by atoms with Crippen LogP contribution >= 0.6 is 11.3 Å². The highest BCUT2D eigenvalue weighted by Crippen LogP contribution is 2.37. The smallest absolute Gasteiger partial charge is 0.330 e. The highest BCUT2D eigenvalue weighted by molar-refractivity contribution is 7.22. The molecule has 0 bridgehead atoms. The Morgan fingerprint density at radius 3 is 1.57 bits per heavy atom. The molecule has 0 spiro atoms. The molecule has 448 valence electrons. The van der Waals surface area contributed by atoms with Crippen molar-refractivity contribution in [3.8, 4) is 34.5 Å². The number of methoxy groups -OCH3 is 1. The lowest BCUT2D eigenvalue weighted by molar-refractivity contribution is -0.145. The maximum absolute atomic E-state index is 13.9. The van der Waals surface area contributed by atoms with Crippen LogP contribution in [0, 0.1) is 23.7 Å². The molecule has 5 aromatic rings. The number of benzene rings is 4. The minimum absolute atomic E-state index is 0.0413. The molecule has 2 saturated carbocycles. The van der Waals surface area contributed by atoms with Crippen molar-refractivity contribution in [2.45, 2.75) is 103 Å². The summed E-state index contributed by atoms with van der Waals surface area (Å²) in [6.45, 7) is 13.6. The predicted octanol–water partition coefficient (Wildman–Crippen LogP) is 12.7. The minimum Gasteiger partial charge on any atom is -0.494 e. The molecule has 0 aliphatic heterocycles. The van der Waals surface area contributed by atoms with Gasteiger partial charge in [0.05, 0.1) is 79.6 Å². The third-order valence-electron chi connectivity index (χ3n) is 14.4. The third-order valence-corrected chi connectivity index (χ3v) is 15.4. The molecule has 2 fully saturated rings. The summed E-state index contributed by atoms with van der Waals surface area (Å²) in [4.78, 5) is 68.2. The summed E-state index contributed by atoms with van der Waals surface area (Å²) >= 11 is 1.44. The van der Waals surface area contributed by atoms with Crippen LogP contribution in [-0.4, -0.2) is 94.5 Å². The van der Waals surface area contributed by atoms with E-state index in [0.717, 1.165) is 73.4 Å². The predicted molar refractivity (Wildman–Crippen MR) is 320 cm³/mol. The number of aromatic nitrogens is 1. The fourth-order valence-electron chi connectivity index (χ4n) is 9.53. The highest BCUT2D eigenvalue weighted by atomic mass is 32.1. The molecule has 0 saturated heterocycles. The van der Waals surface area contributed by atoms with Gasteiger partial charge in [-0.15, -0.1) is 0 Å². The molecule has 1 heterocycles. The van der Waals surface area contributed by atoms with Crippen molar-refractivity contribution < 1.29 is 71.3 Å². The molecule has 1 aromatic heterocycles. The number of hydrazone groups is 1. The van der Waals surface area contributed by atoms with Crippen molar-refractivity contribution in [2.75, 3.05) is 58.5 Å². The van der Waals surface area contributed by atoms with Gasteiger partial charge in [0, 0.05) is 30.7 Å². The first-order valence-electron chi connectivity index (χ1n) is 28.9. The summed E-state index contributed by atoms with van der Waals surface area (Å²) in [5.41, 5.74) is 1.18. The van der Waals surface area contributed by atoms with Gasteiger partial charge < -0.3 is 47.4 Å². The second kappa shape index (κ2) is 34.7. The van der Waals surface area contributed by atoms with Crippen LogP contribution in [0.1, 0.15) is 108 Å². The minimum atomic E-state index is -0.477. The lowest BCUT2D eigenvalue weighted by Gasteiger charge is -2.28. The maximum Gasteiger partial charge on any atom is 0.330 e. The Balaban J connectivity index is 0.911. The Labute approximate surface area is 495 Å². The number of hydrogen-bond acceptors (Lipinski definition) is 19. The van der Waals surface area contributed by atoms with Crippen molar-refractivity contribution in [3.63, 3.8) is 0 Å². The molecule has 2 aliphatic rings. The number of fused-ring (bicyclic) bond motifs is 1. The summed E-state index contributed by atoms with van der Waals surface area (Å²) in [6, 6.07) is 26.9. The number of esters is 5. The number of anilines is 1. The zero-order chi connectivity index (χ0) is 59.3. The SMILES string of the molecule is C=CC(=O)OCCCCCCOc1ccc(OC(=C)C2CCC(C(=O)Oc3ccc(OC(=O)C4CCC(C(=O)Oc5ccc(OCCCCCCOC(=O)C=C)cc5)CC4)c(/C=N/N(COCCOC)c4nc5ccccc5s4)c3)CC2)cc1. The van der Waals surface area contributed by atoms with E-state index in [2.05, 4.69) is 19.7 Å². The molecule has 0 unspecified atom stereocenters. The largest absolute Gasteiger partial charge is 0.494 e. The summed E-state index contributed by atoms with van der Waals surface area (Å²) in [6.07, 6.45) is 15.1. The Morgan fingerprint density at radius 2 is 1.04 bits per heavy atom. The molecule has 84 heavy (non-hydrogen) atoms. The number of carbonyl (C=O) groups is 5. The maximum atomic E-state index is 13.9. The highest BCUT2D eigenvalue weighted by Gasteiger charge is 2.33. The second-order valence-corrected chi connectivity index (χ2v) is 21.5. The summed E-state index contributed by atoms with van der Waals surface area (Å²) in [5, 5.41) is 6.97.